The van der Waals surface area contributed by atoms with Crippen LogP contribution < -0.4 is 18.9 Å². The van der Waals surface area contributed by atoms with Crippen molar-refractivity contribution in [3.8, 4) is 34.5 Å². The summed E-state index contributed by atoms with van der Waals surface area (Å²) in [5.74, 6) is 1.12. The number of anilines is 1. The van der Waals surface area contributed by atoms with E-state index in [-0.39, 0.29) is 23.3 Å². The van der Waals surface area contributed by atoms with Crippen molar-refractivity contribution in [2.24, 2.45) is 0 Å². The average molecular weight is 528 g/mol. The van der Waals surface area contributed by atoms with Gasteiger partial charge in [0, 0.05) is 18.0 Å². The summed E-state index contributed by atoms with van der Waals surface area (Å²) in [5, 5.41) is 17.7. The van der Waals surface area contributed by atoms with Gasteiger partial charge in [-0.2, -0.15) is 0 Å². The van der Waals surface area contributed by atoms with E-state index in [4.69, 9.17) is 14.2 Å². The van der Waals surface area contributed by atoms with Crippen LogP contribution in [0.3, 0.4) is 0 Å². The molecular weight excluding hydrogens is 502 g/mol. The van der Waals surface area contributed by atoms with Crippen molar-refractivity contribution in [3.63, 3.8) is 0 Å². The molecule has 0 saturated carbocycles. The Labute approximate surface area is 213 Å². The molecule has 4 aromatic rings. The summed E-state index contributed by atoms with van der Waals surface area (Å²) < 4.78 is 46.7. The fourth-order valence-electron chi connectivity index (χ4n) is 3.51. The van der Waals surface area contributed by atoms with Gasteiger partial charge in [-0.15, -0.1) is 10.2 Å². The molecule has 0 amide bonds. The SMILES string of the molecule is COc1cnc([C@H](O)[C@@H](C)S(=O)(=O)Nc2nnc(-c3cccnc3)n2-c2c(OC)cccc2OC)cn1. The molecule has 194 valence electrons. The lowest BCUT2D eigenvalue weighted by atomic mass is 10.2. The highest BCUT2D eigenvalue weighted by molar-refractivity contribution is 7.93. The number of pyridine rings is 1. The fraction of sp³-hybridized carbons (Fsp3) is 0.261. The predicted molar refractivity (Wildman–Crippen MR) is 133 cm³/mol. The number of nitrogens with one attached hydrogen (secondary N) is 1. The molecule has 0 spiro atoms. The van der Waals surface area contributed by atoms with Crippen LogP contribution in [0, 0.1) is 0 Å². The van der Waals surface area contributed by atoms with Gasteiger partial charge in [-0.25, -0.2) is 13.4 Å². The van der Waals surface area contributed by atoms with E-state index in [1.54, 1.807) is 42.7 Å². The number of aliphatic hydroxyl groups is 1. The Morgan fingerprint density at radius 3 is 2.24 bits per heavy atom. The van der Waals surface area contributed by atoms with E-state index in [0.717, 1.165) is 0 Å². The number of aliphatic hydroxyl groups excluding tert-OH is 1. The molecule has 0 aliphatic rings. The highest BCUT2D eigenvalue weighted by atomic mass is 32.2. The lowest BCUT2D eigenvalue weighted by Gasteiger charge is -2.21. The van der Waals surface area contributed by atoms with Crippen LogP contribution in [0.5, 0.6) is 17.4 Å². The minimum absolute atomic E-state index is 0.0580. The zero-order chi connectivity index (χ0) is 26.6. The van der Waals surface area contributed by atoms with Gasteiger partial charge in [-0.05, 0) is 31.2 Å². The molecule has 3 heterocycles. The summed E-state index contributed by atoms with van der Waals surface area (Å²) in [6, 6.07) is 8.58. The normalized spacial score (nSPS) is 13.0. The van der Waals surface area contributed by atoms with Crippen LogP contribution in [-0.2, 0) is 10.0 Å². The predicted octanol–water partition coefficient (Wildman–Crippen LogP) is 2.01. The number of aromatic nitrogens is 6. The molecule has 1 aromatic carbocycles. The molecule has 0 radical (unpaired) electrons. The minimum atomic E-state index is -4.23. The lowest BCUT2D eigenvalue weighted by molar-refractivity contribution is 0.170. The molecule has 0 saturated heterocycles. The summed E-state index contributed by atoms with van der Waals surface area (Å²) in [6.07, 6.45) is 4.21. The molecule has 37 heavy (non-hydrogen) atoms. The first-order chi connectivity index (χ1) is 17.8. The van der Waals surface area contributed by atoms with Gasteiger partial charge >= 0.3 is 0 Å². The van der Waals surface area contributed by atoms with E-state index in [9.17, 15) is 13.5 Å². The van der Waals surface area contributed by atoms with Crippen LogP contribution in [0.1, 0.15) is 18.7 Å². The Balaban J connectivity index is 1.79. The number of hydrogen-bond acceptors (Lipinski definition) is 11. The molecule has 3 aromatic heterocycles. The van der Waals surface area contributed by atoms with Gasteiger partial charge in [0.15, 0.2) is 5.82 Å². The molecule has 13 nitrogen and oxygen atoms in total. The number of hydrogen-bond donors (Lipinski definition) is 2. The maximum absolute atomic E-state index is 13.4. The van der Waals surface area contributed by atoms with E-state index in [1.165, 1.54) is 45.2 Å². The van der Waals surface area contributed by atoms with Crippen molar-refractivity contribution in [1.82, 2.24) is 29.7 Å². The standard InChI is InChI=1S/C23H25N7O6S/c1-14(21(31)16-12-26-19(36-4)13-25-16)37(32,33)29-23-28-27-22(15-7-6-10-24-11-15)30(23)20-17(34-2)8-5-9-18(20)35-3/h5-14,21,31H,1-4H3,(H,28,29)/t14-,21-/m1/s1. The van der Waals surface area contributed by atoms with Crippen LogP contribution in [0.2, 0.25) is 0 Å². The number of sulfonamides is 1. The van der Waals surface area contributed by atoms with Crippen molar-refractivity contribution < 1.29 is 27.7 Å². The summed E-state index contributed by atoms with van der Waals surface area (Å²) in [6.45, 7) is 1.34. The van der Waals surface area contributed by atoms with Crippen molar-refractivity contribution in [2.45, 2.75) is 18.3 Å². The number of para-hydroxylation sites is 1. The first-order valence-electron chi connectivity index (χ1n) is 10.9. The summed E-state index contributed by atoms with van der Waals surface area (Å²) in [4.78, 5) is 12.1. The molecule has 2 atom stereocenters. The van der Waals surface area contributed by atoms with Crippen LogP contribution in [0.15, 0.2) is 55.1 Å². The van der Waals surface area contributed by atoms with Crippen molar-refractivity contribution >= 4 is 16.0 Å². The Morgan fingerprint density at radius 1 is 0.946 bits per heavy atom. The second-order valence-electron chi connectivity index (χ2n) is 7.72. The van der Waals surface area contributed by atoms with E-state index in [0.29, 0.717) is 22.7 Å². The summed E-state index contributed by atoms with van der Waals surface area (Å²) in [7, 11) is 0.139. The second kappa shape index (κ2) is 10.8. The average Bonchev–Trinajstić information content (AvgIpc) is 3.34. The van der Waals surface area contributed by atoms with Crippen LogP contribution in [-0.4, -0.2) is 69.8 Å². The Kier molecular flexibility index (Phi) is 7.50. The third kappa shape index (κ3) is 5.15. The topological polar surface area (TPSA) is 163 Å². The van der Waals surface area contributed by atoms with Gasteiger partial charge in [-0.3, -0.25) is 19.3 Å². The quantitative estimate of drug-likeness (QED) is 0.310. The minimum Gasteiger partial charge on any atom is -0.494 e. The smallest absolute Gasteiger partial charge is 0.243 e. The molecule has 2 N–H and O–H groups in total. The van der Waals surface area contributed by atoms with Gasteiger partial charge in [-0.1, -0.05) is 6.07 Å². The molecule has 0 aliphatic carbocycles. The number of ether oxygens (including phenoxy) is 3. The van der Waals surface area contributed by atoms with Crippen LogP contribution in [0.4, 0.5) is 5.95 Å². The molecule has 0 fully saturated rings. The zero-order valence-corrected chi connectivity index (χ0v) is 21.2. The van der Waals surface area contributed by atoms with Crippen molar-refractivity contribution in [3.05, 3.63) is 60.8 Å². The highest BCUT2D eigenvalue weighted by Crippen LogP contribution is 2.37. The van der Waals surface area contributed by atoms with E-state index < -0.39 is 21.4 Å². The molecule has 4 rings (SSSR count). The number of methoxy groups -OCH3 is 3. The first kappa shape index (κ1) is 25.8. The van der Waals surface area contributed by atoms with Gasteiger partial charge in [0.2, 0.25) is 21.9 Å². The maximum atomic E-state index is 13.4. The van der Waals surface area contributed by atoms with Crippen LogP contribution >= 0.6 is 0 Å². The monoisotopic (exact) mass is 527 g/mol. The first-order valence-corrected chi connectivity index (χ1v) is 12.5. The lowest BCUT2D eigenvalue weighted by Crippen LogP contribution is -2.32. The molecule has 0 unspecified atom stereocenters. The summed E-state index contributed by atoms with van der Waals surface area (Å²) >= 11 is 0. The van der Waals surface area contributed by atoms with Gasteiger partial charge in [0.25, 0.3) is 0 Å². The highest BCUT2D eigenvalue weighted by Gasteiger charge is 2.33. The van der Waals surface area contributed by atoms with Gasteiger partial charge in [0.05, 0.1) is 39.4 Å². The van der Waals surface area contributed by atoms with Crippen LogP contribution in [0.25, 0.3) is 17.1 Å². The third-order valence-corrected chi connectivity index (χ3v) is 7.24. The van der Waals surface area contributed by atoms with Gasteiger partial charge in [0.1, 0.15) is 28.5 Å². The van der Waals surface area contributed by atoms with Gasteiger partial charge < -0.3 is 19.3 Å². The maximum Gasteiger partial charge on any atom is 0.243 e. The zero-order valence-electron chi connectivity index (χ0n) is 20.4. The molecular formula is C23H25N7O6S. The molecule has 0 aliphatic heterocycles. The molecule has 0 bridgehead atoms. The molecule has 14 heteroatoms. The largest absolute Gasteiger partial charge is 0.494 e. The Hall–Kier alpha value is -4.30. The second-order valence-corrected chi connectivity index (χ2v) is 9.75. The number of rotatable bonds is 10. The fourth-order valence-corrected chi connectivity index (χ4v) is 4.56. The Morgan fingerprint density at radius 2 is 1.68 bits per heavy atom. The van der Waals surface area contributed by atoms with E-state index in [2.05, 4.69) is 29.9 Å². The Bertz CT molecular complexity index is 1440. The van der Waals surface area contributed by atoms with E-state index in [1.807, 2.05) is 0 Å². The van der Waals surface area contributed by atoms with Crippen molar-refractivity contribution in [1.29, 1.82) is 0 Å². The summed E-state index contributed by atoms with van der Waals surface area (Å²) in [5.41, 5.74) is 0.987. The third-order valence-electron chi connectivity index (χ3n) is 5.54. The van der Waals surface area contributed by atoms with E-state index >= 15 is 0 Å². The number of nitrogens with zero attached hydrogens (tertiary/aromatic N) is 6. The van der Waals surface area contributed by atoms with Crippen molar-refractivity contribution in [2.75, 3.05) is 26.1 Å². The number of benzene rings is 1.